The molecule has 0 radical (unpaired) electrons. The van der Waals surface area contributed by atoms with E-state index in [0.717, 1.165) is 37.3 Å². The van der Waals surface area contributed by atoms with E-state index in [1.807, 2.05) is 0 Å². The van der Waals surface area contributed by atoms with Crippen molar-refractivity contribution in [3.8, 4) is 0 Å². The van der Waals surface area contributed by atoms with Crippen LogP contribution in [0, 0.1) is 0 Å². The molecule has 0 N–H and O–H groups in total. The molecule has 3 rings (SSSR count). The third-order valence-electron chi connectivity index (χ3n) is 3.82. The number of hydrogen-bond acceptors (Lipinski definition) is 7. The van der Waals surface area contributed by atoms with Crippen molar-refractivity contribution in [2.45, 2.75) is 45.3 Å². The van der Waals surface area contributed by atoms with Gasteiger partial charge >= 0.3 is 6.01 Å². The van der Waals surface area contributed by atoms with Crippen molar-refractivity contribution < 1.29 is 9.26 Å². The third kappa shape index (κ3) is 4.17. The highest BCUT2D eigenvalue weighted by Crippen LogP contribution is 2.22. The maximum Gasteiger partial charge on any atom is 0.324 e. The molecule has 1 fully saturated rings. The van der Waals surface area contributed by atoms with Gasteiger partial charge in [-0.15, -0.1) is 0 Å². The van der Waals surface area contributed by atoms with E-state index in [2.05, 4.69) is 38.9 Å². The fourth-order valence-corrected chi connectivity index (χ4v) is 2.53. The summed E-state index contributed by atoms with van der Waals surface area (Å²) in [7, 11) is 0. The molecule has 0 unspecified atom stereocenters. The second-order valence-electron chi connectivity index (χ2n) is 5.95. The summed E-state index contributed by atoms with van der Waals surface area (Å²) in [4.78, 5) is 14.5. The van der Waals surface area contributed by atoms with Crippen LogP contribution in [0.25, 0.3) is 0 Å². The van der Waals surface area contributed by atoms with Crippen LogP contribution in [0.3, 0.4) is 0 Å². The molecule has 1 aliphatic heterocycles. The highest BCUT2D eigenvalue weighted by atomic mass is 35.5. The largest absolute Gasteiger partial charge is 0.373 e. The Kier molecular flexibility index (Phi) is 5.07. The van der Waals surface area contributed by atoms with Crippen LogP contribution >= 0.6 is 11.6 Å². The molecule has 0 bridgehead atoms. The maximum atomic E-state index is 5.92. The number of nitrogens with zero attached hydrogens (tertiary/aromatic N) is 5. The first kappa shape index (κ1) is 16.1. The van der Waals surface area contributed by atoms with Crippen molar-refractivity contribution in [1.82, 2.24) is 20.1 Å². The summed E-state index contributed by atoms with van der Waals surface area (Å²) in [5.41, 5.74) is 0.926. The molecule has 0 aromatic carbocycles. The van der Waals surface area contributed by atoms with E-state index in [1.165, 1.54) is 0 Å². The minimum absolute atomic E-state index is 0.217. The Balaban J connectivity index is 1.47. The number of piperidine rings is 1. The minimum Gasteiger partial charge on any atom is -0.373 e. The molecule has 2 aromatic rings. The first-order valence-electron chi connectivity index (χ1n) is 7.78. The molecule has 0 spiro atoms. The Hall–Kier alpha value is -1.73. The van der Waals surface area contributed by atoms with E-state index in [9.17, 15) is 0 Å². The predicted molar refractivity (Wildman–Crippen MR) is 85.5 cm³/mol. The van der Waals surface area contributed by atoms with Crippen LogP contribution in [0.1, 0.15) is 44.0 Å². The zero-order chi connectivity index (χ0) is 16.2. The van der Waals surface area contributed by atoms with Crippen LogP contribution in [0.2, 0.25) is 5.28 Å². The fourth-order valence-electron chi connectivity index (χ4n) is 2.43. The average molecular weight is 338 g/mol. The number of halogens is 1. The number of ether oxygens (including phenoxy) is 1. The molecule has 1 aliphatic rings. The summed E-state index contributed by atoms with van der Waals surface area (Å²) in [6.07, 6.45) is 5.45. The molecule has 8 heteroatoms. The van der Waals surface area contributed by atoms with E-state index < -0.39 is 0 Å². The van der Waals surface area contributed by atoms with Crippen molar-refractivity contribution >= 4 is 17.6 Å². The van der Waals surface area contributed by atoms with Crippen molar-refractivity contribution in [3.63, 3.8) is 0 Å². The highest BCUT2D eigenvalue weighted by Gasteiger charge is 2.24. The lowest BCUT2D eigenvalue weighted by Crippen LogP contribution is -2.37. The fraction of sp³-hybridized carbons (Fsp3) is 0.600. The van der Waals surface area contributed by atoms with E-state index in [-0.39, 0.29) is 17.3 Å². The highest BCUT2D eigenvalue weighted by molar-refractivity contribution is 6.28. The standard InChI is InChI=1S/C15H20ClN5O2/c1-10(2)13-19-15(23-20-13)21-5-3-12(4-6-21)22-9-11-7-17-14(16)18-8-11/h7-8,10,12H,3-6,9H2,1-2H3. The summed E-state index contributed by atoms with van der Waals surface area (Å²) < 4.78 is 11.3. The normalized spacial score (nSPS) is 16.3. The number of rotatable bonds is 5. The lowest BCUT2D eigenvalue weighted by atomic mass is 10.1. The smallest absolute Gasteiger partial charge is 0.324 e. The lowest BCUT2D eigenvalue weighted by molar-refractivity contribution is 0.0242. The van der Waals surface area contributed by atoms with Gasteiger partial charge in [-0.2, -0.15) is 4.98 Å². The molecule has 124 valence electrons. The summed E-state index contributed by atoms with van der Waals surface area (Å²) in [6.45, 7) is 6.30. The van der Waals surface area contributed by atoms with Crippen LogP contribution < -0.4 is 4.90 Å². The Morgan fingerprint density at radius 3 is 2.61 bits per heavy atom. The molecule has 2 aromatic heterocycles. The van der Waals surface area contributed by atoms with Crippen molar-refractivity contribution in [2.24, 2.45) is 0 Å². The maximum absolute atomic E-state index is 5.92. The second-order valence-corrected chi connectivity index (χ2v) is 6.29. The van der Waals surface area contributed by atoms with Gasteiger partial charge in [0.1, 0.15) is 0 Å². The van der Waals surface area contributed by atoms with E-state index in [0.29, 0.717) is 12.6 Å². The van der Waals surface area contributed by atoms with Gasteiger partial charge in [0, 0.05) is 37.0 Å². The quantitative estimate of drug-likeness (QED) is 0.776. The molecular weight excluding hydrogens is 318 g/mol. The first-order chi connectivity index (χ1) is 11.1. The molecule has 23 heavy (non-hydrogen) atoms. The minimum atomic E-state index is 0.217. The Bertz CT molecular complexity index is 623. The van der Waals surface area contributed by atoms with E-state index in [1.54, 1.807) is 12.4 Å². The van der Waals surface area contributed by atoms with Crippen LogP contribution in [0.15, 0.2) is 16.9 Å². The molecule has 0 amide bonds. The van der Waals surface area contributed by atoms with E-state index in [4.69, 9.17) is 20.9 Å². The Morgan fingerprint density at radius 2 is 2.00 bits per heavy atom. The summed E-state index contributed by atoms with van der Waals surface area (Å²) in [5, 5.41) is 4.26. The van der Waals surface area contributed by atoms with E-state index >= 15 is 0 Å². The van der Waals surface area contributed by atoms with Gasteiger partial charge in [0.25, 0.3) is 0 Å². The number of anilines is 1. The van der Waals surface area contributed by atoms with Gasteiger partial charge in [-0.3, -0.25) is 0 Å². The zero-order valence-electron chi connectivity index (χ0n) is 13.3. The summed E-state index contributed by atoms with van der Waals surface area (Å²) in [6, 6.07) is 0.609. The van der Waals surface area contributed by atoms with Gasteiger partial charge in [-0.1, -0.05) is 19.0 Å². The van der Waals surface area contributed by atoms with Crippen molar-refractivity contribution in [1.29, 1.82) is 0 Å². The van der Waals surface area contributed by atoms with Crippen molar-refractivity contribution in [3.05, 3.63) is 29.1 Å². The van der Waals surface area contributed by atoms with Crippen LogP contribution in [-0.4, -0.2) is 39.3 Å². The Labute approximate surface area is 140 Å². The molecule has 3 heterocycles. The van der Waals surface area contributed by atoms with Crippen molar-refractivity contribution in [2.75, 3.05) is 18.0 Å². The van der Waals surface area contributed by atoms with Gasteiger partial charge in [0.2, 0.25) is 5.28 Å². The van der Waals surface area contributed by atoms with Crippen LogP contribution in [0.5, 0.6) is 0 Å². The predicted octanol–water partition coefficient (Wildman–Crippen LogP) is 2.82. The SMILES string of the molecule is CC(C)c1noc(N2CCC(OCc3cnc(Cl)nc3)CC2)n1. The summed E-state index contributed by atoms with van der Waals surface area (Å²) >= 11 is 5.67. The summed E-state index contributed by atoms with van der Waals surface area (Å²) in [5.74, 6) is 1.02. The van der Waals surface area contributed by atoms with Crippen LogP contribution in [-0.2, 0) is 11.3 Å². The monoisotopic (exact) mass is 337 g/mol. The van der Waals surface area contributed by atoms with Gasteiger partial charge in [0.15, 0.2) is 5.82 Å². The zero-order valence-corrected chi connectivity index (χ0v) is 14.0. The molecule has 0 aliphatic carbocycles. The number of aromatic nitrogens is 4. The topological polar surface area (TPSA) is 77.2 Å². The average Bonchev–Trinajstić information content (AvgIpc) is 3.05. The van der Waals surface area contributed by atoms with Gasteiger partial charge in [-0.05, 0) is 24.4 Å². The second kappa shape index (κ2) is 7.23. The van der Waals surface area contributed by atoms with Gasteiger partial charge in [-0.25, -0.2) is 9.97 Å². The molecular formula is C15H20ClN5O2. The van der Waals surface area contributed by atoms with Gasteiger partial charge < -0.3 is 14.2 Å². The lowest BCUT2D eigenvalue weighted by Gasteiger charge is -2.30. The first-order valence-corrected chi connectivity index (χ1v) is 8.16. The molecule has 1 saturated heterocycles. The third-order valence-corrected chi connectivity index (χ3v) is 4.01. The number of hydrogen-bond donors (Lipinski definition) is 0. The molecule has 0 saturated carbocycles. The van der Waals surface area contributed by atoms with Crippen LogP contribution in [0.4, 0.5) is 6.01 Å². The molecule has 0 atom stereocenters. The Morgan fingerprint density at radius 1 is 1.30 bits per heavy atom. The molecule has 7 nitrogen and oxygen atoms in total. The van der Waals surface area contributed by atoms with Gasteiger partial charge in [0.05, 0.1) is 12.7 Å².